The van der Waals surface area contributed by atoms with Crippen molar-refractivity contribution in [3.05, 3.63) is 100 Å². The van der Waals surface area contributed by atoms with Crippen molar-refractivity contribution in [2.75, 3.05) is 6.61 Å². The molecule has 0 aliphatic carbocycles. The molecule has 3 aromatic rings. The van der Waals surface area contributed by atoms with Gasteiger partial charge in [0.15, 0.2) is 6.61 Å². The van der Waals surface area contributed by atoms with Crippen LogP contribution in [-0.2, 0) is 22.6 Å². The van der Waals surface area contributed by atoms with E-state index in [1.807, 2.05) is 102 Å². The molecule has 0 unspecified atom stereocenters. The molecule has 0 fully saturated rings. The molecule has 0 spiro atoms. The summed E-state index contributed by atoms with van der Waals surface area (Å²) in [6.07, 6.45) is 1.23. The van der Waals surface area contributed by atoms with Gasteiger partial charge >= 0.3 is 0 Å². The summed E-state index contributed by atoms with van der Waals surface area (Å²) in [6, 6.07) is 21.3. The Kier molecular flexibility index (Phi) is 9.90. The Balaban J connectivity index is 1.94. The van der Waals surface area contributed by atoms with E-state index < -0.39 is 6.04 Å². The lowest BCUT2D eigenvalue weighted by atomic mass is 10.0. The summed E-state index contributed by atoms with van der Waals surface area (Å²) in [5.74, 6) is 0.324. The molecule has 0 aromatic heterocycles. The molecule has 3 aromatic carbocycles. The van der Waals surface area contributed by atoms with Gasteiger partial charge in [0.05, 0.1) is 0 Å². The number of ether oxygens (including phenoxy) is 1. The molecule has 0 heterocycles. The SMILES string of the molecule is CC[C@@H](C)NC(=O)[C@H](Cc1ccccc1)N(Cc1ccc(C)cc1)C(=O)COc1cc(C)cc(C)c1C. The average molecular weight is 501 g/mol. The maximum atomic E-state index is 13.8. The quantitative estimate of drug-likeness (QED) is 0.359. The maximum Gasteiger partial charge on any atom is 0.261 e. The average Bonchev–Trinajstić information content (AvgIpc) is 2.88. The van der Waals surface area contributed by atoms with E-state index in [1.165, 1.54) is 0 Å². The van der Waals surface area contributed by atoms with E-state index in [-0.39, 0.29) is 24.5 Å². The summed E-state index contributed by atoms with van der Waals surface area (Å²) in [5, 5.41) is 3.10. The molecule has 0 radical (unpaired) electrons. The number of hydrogen-bond donors (Lipinski definition) is 1. The topological polar surface area (TPSA) is 58.6 Å². The highest BCUT2D eigenvalue weighted by molar-refractivity contribution is 5.88. The number of hydrogen-bond acceptors (Lipinski definition) is 3. The van der Waals surface area contributed by atoms with Crippen molar-refractivity contribution in [3.63, 3.8) is 0 Å². The van der Waals surface area contributed by atoms with E-state index in [4.69, 9.17) is 4.74 Å². The van der Waals surface area contributed by atoms with Crippen LogP contribution in [0.3, 0.4) is 0 Å². The van der Waals surface area contributed by atoms with E-state index in [0.29, 0.717) is 18.7 Å². The first-order chi connectivity index (χ1) is 17.7. The van der Waals surface area contributed by atoms with Gasteiger partial charge in [0, 0.05) is 19.0 Å². The molecule has 5 nitrogen and oxygen atoms in total. The predicted octanol–water partition coefficient (Wildman–Crippen LogP) is 5.85. The fourth-order valence-corrected chi connectivity index (χ4v) is 4.26. The molecule has 1 N–H and O–H groups in total. The minimum atomic E-state index is -0.672. The first-order valence-corrected chi connectivity index (χ1v) is 13.1. The maximum absolute atomic E-state index is 13.8. The summed E-state index contributed by atoms with van der Waals surface area (Å²) in [7, 11) is 0. The minimum absolute atomic E-state index is 0.0104. The van der Waals surface area contributed by atoms with Crippen LogP contribution in [0, 0.1) is 27.7 Å². The smallest absolute Gasteiger partial charge is 0.261 e. The van der Waals surface area contributed by atoms with E-state index in [9.17, 15) is 9.59 Å². The lowest BCUT2D eigenvalue weighted by Crippen LogP contribution is -2.53. The second kappa shape index (κ2) is 13.1. The number of aryl methyl sites for hydroxylation is 3. The zero-order chi connectivity index (χ0) is 26.9. The molecular formula is C32H40N2O3. The Morgan fingerprint density at radius 3 is 2.22 bits per heavy atom. The molecule has 0 aliphatic heterocycles. The van der Waals surface area contributed by atoms with Gasteiger partial charge in [-0.05, 0) is 74.9 Å². The Bertz CT molecular complexity index is 1190. The first kappa shape index (κ1) is 28.0. The summed E-state index contributed by atoms with van der Waals surface area (Å²) >= 11 is 0. The Morgan fingerprint density at radius 2 is 1.57 bits per heavy atom. The number of carbonyl (C=O) groups is 2. The molecule has 2 atom stereocenters. The van der Waals surface area contributed by atoms with Gasteiger partial charge in [-0.15, -0.1) is 0 Å². The van der Waals surface area contributed by atoms with E-state index in [2.05, 4.69) is 11.4 Å². The predicted molar refractivity (Wildman–Crippen MR) is 150 cm³/mol. The Hall–Kier alpha value is -3.60. The van der Waals surface area contributed by atoms with E-state index >= 15 is 0 Å². The number of nitrogens with zero attached hydrogens (tertiary/aromatic N) is 1. The van der Waals surface area contributed by atoms with Gasteiger partial charge in [0.1, 0.15) is 11.8 Å². The Labute approximate surface area is 221 Å². The van der Waals surface area contributed by atoms with Gasteiger partial charge in [-0.2, -0.15) is 0 Å². The standard InChI is InChI=1S/C32H40N2O3/c1-7-25(5)33-32(36)29(19-27-11-9-8-10-12-27)34(20-28-15-13-22(2)14-16-28)31(35)21-37-30-18-23(3)17-24(4)26(30)6/h8-18,25,29H,7,19-21H2,1-6H3,(H,33,36)/t25-,29+/m1/s1. The van der Waals surface area contributed by atoms with Crippen LogP contribution in [0.25, 0.3) is 0 Å². The van der Waals surface area contributed by atoms with Crippen LogP contribution in [0.1, 0.15) is 53.6 Å². The molecule has 37 heavy (non-hydrogen) atoms. The third-order valence-corrected chi connectivity index (χ3v) is 6.86. The minimum Gasteiger partial charge on any atom is -0.483 e. The molecule has 0 aliphatic rings. The lowest BCUT2D eigenvalue weighted by Gasteiger charge is -2.32. The molecule has 3 rings (SSSR count). The second-order valence-corrected chi connectivity index (χ2v) is 10.0. The summed E-state index contributed by atoms with van der Waals surface area (Å²) in [6.45, 7) is 12.3. The van der Waals surface area contributed by atoms with Crippen LogP contribution >= 0.6 is 0 Å². The Morgan fingerprint density at radius 1 is 0.892 bits per heavy atom. The largest absolute Gasteiger partial charge is 0.483 e. The van der Waals surface area contributed by atoms with Crippen molar-refractivity contribution < 1.29 is 14.3 Å². The zero-order valence-corrected chi connectivity index (χ0v) is 23.0. The molecule has 0 saturated heterocycles. The van der Waals surface area contributed by atoms with Crippen LogP contribution in [-0.4, -0.2) is 35.4 Å². The van der Waals surface area contributed by atoms with Gasteiger partial charge in [-0.3, -0.25) is 9.59 Å². The molecule has 0 saturated carbocycles. The summed E-state index contributed by atoms with van der Waals surface area (Å²) in [4.78, 5) is 29.0. The van der Waals surface area contributed by atoms with Crippen molar-refractivity contribution in [2.24, 2.45) is 0 Å². The van der Waals surface area contributed by atoms with Crippen molar-refractivity contribution in [1.29, 1.82) is 0 Å². The van der Waals surface area contributed by atoms with E-state index in [0.717, 1.165) is 39.8 Å². The number of carbonyl (C=O) groups excluding carboxylic acids is 2. The number of nitrogens with one attached hydrogen (secondary N) is 1. The van der Waals surface area contributed by atoms with Gasteiger partial charge in [0.2, 0.25) is 5.91 Å². The van der Waals surface area contributed by atoms with Gasteiger partial charge in [-0.1, -0.05) is 73.2 Å². The van der Waals surface area contributed by atoms with Gasteiger partial charge in [-0.25, -0.2) is 0 Å². The third kappa shape index (κ3) is 7.94. The number of benzene rings is 3. The molecule has 196 valence electrons. The molecular weight excluding hydrogens is 460 g/mol. The monoisotopic (exact) mass is 500 g/mol. The summed E-state index contributed by atoms with van der Waals surface area (Å²) in [5.41, 5.74) is 6.32. The van der Waals surface area contributed by atoms with Crippen LogP contribution in [0.15, 0.2) is 66.7 Å². The fourth-order valence-electron chi connectivity index (χ4n) is 4.26. The van der Waals surface area contributed by atoms with Gasteiger partial charge < -0.3 is 15.0 Å². The molecule has 2 amide bonds. The zero-order valence-electron chi connectivity index (χ0n) is 23.0. The van der Waals surface area contributed by atoms with Crippen molar-refractivity contribution in [2.45, 2.75) is 73.0 Å². The van der Waals surface area contributed by atoms with Crippen molar-refractivity contribution >= 4 is 11.8 Å². The van der Waals surface area contributed by atoms with Crippen LogP contribution in [0.2, 0.25) is 0 Å². The molecule has 5 heteroatoms. The van der Waals surface area contributed by atoms with Crippen LogP contribution in [0.5, 0.6) is 5.75 Å². The highest BCUT2D eigenvalue weighted by Gasteiger charge is 2.31. The molecule has 0 bridgehead atoms. The van der Waals surface area contributed by atoms with Crippen molar-refractivity contribution in [1.82, 2.24) is 10.2 Å². The van der Waals surface area contributed by atoms with Gasteiger partial charge in [0.25, 0.3) is 5.91 Å². The highest BCUT2D eigenvalue weighted by atomic mass is 16.5. The third-order valence-electron chi connectivity index (χ3n) is 6.86. The highest BCUT2D eigenvalue weighted by Crippen LogP contribution is 2.24. The van der Waals surface area contributed by atoms with E-state index in [1.54, 1.807) is 4.90 Å². The van der Waals surface area contributed by atoms with Crippen LogP contribution < -0.4 is 10.1 Å². The second-order valence-electron chi connectivity index (χ2n) is 10.0. The lowest BCUT2D eigenvalue weighted by molar-refractivity contribution is -0.143. The van der Waals surface area contributed by atoms with Crippen LogP contribution in [0.4, 0.5) is 0 Å². The normalized spacial score (nSPS) is 12.5. The fraction of sp³-hybridized carbons (Fsp3) is 0.375. The first-order valence-electron chi connectivity index (χ1n) is 13.1. The summed E-state index contributed by atoms with van der Waals surface area (Å²) < 4.78 is 6.06. The van der Waals surface area contributed by atoms with Crippen molar-refractivity contribution in [3.8, 4) is 5.75 Å². The number of amides is 2. The number of rotatable bonds is 11.